The van der Waals surface area contributed by atoms with E-state index in [4.69, 9.17) is 11.6 Å². The quantitative estimate of drug-likeness (QED) is 0.274. The van der Waals surface area contributed by atoms with Crippen LogP contribution in [0, 0.1) is 0 Å². The van der Waals surface area contributed by atoms with Crippen LogP contribution in [0.3, 0.4) is 0 Å². The molecule has 0 aliphatic rings. The Morgan fingerprint density at radius 2 is 1.87 bits per heavy atom. The second-order valence-electron chi connectivity index (χ2n) is 6.83. The molecule has 5 nitrogen and oxygen atoms in total. The third-order valence-corrected chi connectivity index (χ3v) is 6.88. The van der Waals surface area contributed by atoms with Crippen LogP contribution in [-0.2, 0) is 11.3 Å². The Balaban J connectivity index is 1.61. The van der Waals surface area contributed by atoms with Crippen molar-refractivity contribution < 1.29 is 4.79 Å². The monoisotopic (exact) mass is 469 g/mol. The summed E-state index contributed by atoms with van der Waals surface area (Å²) in [5.41, 5.74) is 2.25. The Kier molecular flexibility index (Phi) is 6.75. The molecule has 4 rings (SSSR count). The molecule has 0 bridgehead atoms. The summed E-state index contributed by atoms with van der Waals surface area (Å²) in [7, 11) is 0. The molecule has 0 unspecified atom stereocenters. The molecule has 0 saturated carbocycles. The molecular formula is C23H20ClN3O2S2. The van der Waals surface area contributed by atoms with E-state index in [-0.39, 0.29) is 17.2 Å². The lowest BCUT2D eigenvalue weighted by molar-refractivity contribution is -0.128. The number of fused-ring (bicyclic) bond motifs is 1. The van der Waals surface area contributed by atoms with Crippen LogP contribution in [0.2, 0.25) is 5.02 Å². The van der Waals surface area contributed by atoms with E-state index in [2.05, 4.69) is 4.98 Å². The van der Waals surface area contributed by atoms with Crippen LogP contribution in [0.15, 0.2) is 76.0 Å². The molecular weight excluding hydrogens is 450 g/mol. The van der Waals surface area contributed by atoms with Crippen LogP contribution < -0.4 is 5.56 Å². The van der Waals surface area contributed by atoms with Crippen molar-refractivity contribution in [2.45, 2.75) is 18.6 Å². The van der Waals surface area contributed by atoms with Crippen molar-refractivity contribution in [3.8, 4) is 5.69 Å². The van der Waals surface area contributed by atoms with Gasteiger partial charge in [0, 0.05) is 18.1 Å². The average molecular weight is 470 g/mol. The van der Waals surface area contributed by atoms with Crippen LogP contribution in [0.5, 0.6) is 0 Å². The fourth-order valence-corrected chi connectivity index (χ4v) is 5.01. The first-order valence-corrected chi connectivity index (χ1v) is 12.0. The molecule has 0 radical (unpaired) electrons. The molecule has 0 aliphatic carbocycles. The number of nitrogens with zero attached hydrogens (tertiary/aromatic N) is 3. The maximum absolute atomic E-state index is 13.2. The van der Waals surface area contributed by atoms with Gasteiger partial charge >= 0.3 is 0 Å². The van der Waals surface area contributed by atoms with E-state index >= 15 is 0 Å². The SMILES string of the molecule is CCN(Cc1ccccc1)C(=O)CSc1nc2ccsc2c(=O)n1-c1ccc(Cl)cc1. The Labute approximate surface area is 193 Å². The van der Waals surface area contributed by atoms with Crippen LogP contribution in [0.25, 0.3) is 15.9 Å². The first kappa shape index (κ1) is 21.6. The Morgan fingerprint density at radius 1 is 1.13 bits per heavy atom. The minimum absolute atomic E-state index is 0.00123. The van der Waals surface area contributed by atoms with E-state index in [0.717, 1.165) is 5.56 Å². The van der Waals surface area contributed by atoms with Crippen molar-refractivity contribution in [3.63, 3.8) is 0 Å². The highest BCUT2D eigenvalue weighted by molar-refractivity contribution is 7.99. The second kappa shape index (κ2) is 9.68. The van der Waals surface area contributed by atoms with Gasteiger partial charge in [-0.15, -0.1) is 11.3 Å². The molecule has 4 aromatic rings. The second-order valence-corrected chi connectivity index (χ2v) is 9.12. The molecule has 2 heterocycles. The maximum Gasteiger partial charge on any atom is 0.276 e. The summed E-state index contributed by atoms with van der Waals surface area (Å²) < 4.78 is 2.14. The minimum Gasteiger partial charge on any atom is -0.338 e. The van der Waals surface area contributed by atoms with E-state index in [1.54, 1.807) is 33.7 Å². The molecule has 158 valence electrons. The minimum atomic E-state index is -0.145. The van der Waals surface area contributed by atoms with Crippen molar-refractivity contribution in [2.24, 2.45) is 0 Å². The van der Waals surface area contributed by atoms with Gasteiger partial charge in [-0.1, -0.05) is 53.7 Å². The van der Waals surface area contributed by atoms with Crippen molar-refractivity contribution in [1.29, 1.82) is 0 Å². The number of amides is 1. The number of carbonyl (C=O) groups is 1. The van der Waals surface area contributed by atoms with E-state index in [1.165, 1.54) is 23.1 Å². The standard InChI is InChI=1S/C23H20ClN3O2S2/c1-2-26(14-16-6-4-3-5-7-16)20(28)15-31-23-25-19-12-13-30-21(19)22(29)27(23)18-10-8-17(24)9-11-18/h3-13H,2,14-15H2,1H3. The van der Waals surface area contributed by atoms with Crippen LogP contribution in [-0.4, -0.2) is 32.7 Å². The number of thioether (sulfide) groups is 1. The largest absolute Gasteiger partial charge is 0.338 e. The summed E-state index contributed by atoms with van der Waals surface area (Å²) in [5, 5.41) is 2.93. The van der Waals surface area contributed by atoms with E-state index < -0.39 is 0 Å². The fraction of sp³-hybridized carbons (Fsp3) is 0.174. The summed E-state index contributed by atoms with van der Waals surface area (Å²) in [6, 6.07) is 18.8. The number of carbonyl (C=O) groups excluding carboxylic acids is 1. The van der Waals surface area contributed by atoms with Crippen molar-refractivity contribution in [1.82, 2.24) is 14.5 Å². The highest BCUT2D eigenvalue weighted by Crippen LogP contribution is 2.25. The lowest BCUT2D eigenvalue weighted by Crippen LogP contribution is -2.32. The molecule has 2 aromatic carbocycles. The predicted molar refractivity (Wildman–Crippen MR) is 128 cm³/mol. The third-order valence-electron chi connectivity index (χ3n) is 4.81. The zero-order valence-corrected chi connectivity index (χ0v) is 19.2. The van der Waals surface area contributed by atoms with Gasteiger partial charge in [-0.3, -0.25) is 14.2 Å². The molecule has 0 spiro atoms. The van der Waals surface area contributed by atoms with Gasteiger partial charge in [0.2, 0.25) is 5.91 Å². The first-order valence-electron chi connectivity index (χ1n) is 9.77. The van der Waals surface area contributed by atoms with E-state index in [9.17, 15) is 9.59 Å². The summed E-state index contributed by atoms with van der Waals surface area (Å²) in [6.45, 7) is 3.12. The number of halogens is 1. The van der Waals surface area contributed by atoms with Crippen molar-refractivity contribution in [3.05, 3.63) is 87.0 Å². The summed E-state index contributed by atoms with van der Waals surface area (Å²) in [6.07, 6.45) is 0. The summed E-state index contributed by atoms with van der Waals surface area (Å²) in [4.78, 5) is 32.6. The molecule has 0 saturated heterocycles. The molecule has 0 N–H and O–H groups in total. The van der Waals surface area contributed by atoms with Gasteiger partial charge in [0.05, 0.1) is 17.0 Å². The van der Waals surface area contributed by atoms with Crippen LogP contribution in [0.1, 0.15) is 12.5 Å². The molecule has 31 heavy (non-hydrogen) atoms. The molecule has 0 atom stereocenters. The lowest BCUT2D eigenvalue weighted by Gasteiger charge is -2.21. The van der Waals surface area contributed by atoms with E-state index in [0.29, 0.717) is 39.2 Å². The average Bonchev–Trinajstić information content (AvgIpc) is 3.26. The highest BCUT2D eigenvalue weighted by Gasteiger charge is 2.18. The Hall–Kier alpha value is -2.61. The molecule has 2 aromatic heterocycles. The normalized spacial score (nSPS) is 11.0. The van der Waals surface area contributed by atoms with Gasteiger partial charge < -0.3 is 4.90 Å². The zero-order valence-electron chi connectivity index (χ0n) is 16.8. The number of hydrogen-bond acceptors (Lipinski definition) is 5. The topological polar surface area (TPSA) is 55.2 Å². The smallest absolute Gasteiger partial charge is 0.276 e. The maximum atomic E-state index is 13.2. The van der Waals surface area contributed by atoms with Gasteiger partial charge in [-0.05, 0) is 48.2 Å². The van der Waals surface area contributed by atoms with E-state index in [1.807, 2.05) is 48.7 Å². The molecule has 0 aliphatic heterocycles. The highest BCUT2D eigenvalue weighted by atomic mass is 35.5. The van der Waals surface area contributed by atoms with Gasteiger partial charge in [-0.2, -0.15) is 0 Å². The number of rotatable bonds is 7. The van der Waals surface area contributed by atoms with Crippen LogP contribution >= 0.6 is 34.7 Å². The van der Waals surface area contributed by atoms with Gasteiger partial charge in [-0.25, -0.2) is 4.98 Å². The van der Waals surface area contributed by atoms with Gasteiger partial charge in [0.1, 0.15) is 4.70 Å². The number of aromatic nitrogens is 2. The fourth-order valence-electron chi connectivity index (χ4n) is 3.20. The van der Waals surface area contributed by atoms with Crippen molar-refractivity contribution in [2.75, 3.05) is 12.3 Å². The van der Waals surface area contributed by atoms with Crippen LogP contribution in [0.4, 0.5) is 0 Å². The summed E-state index contributed by atoms with van der Waals surface area (Å²) in [5.74, 6) is 0.190. The number of thiophene rings is 1. The van der Waals surface area contributed by atoms with Gasteiger partial charge in [0.25, 0.3) is 5.56 Å². The number of hydrogen-bond donors (Lipinski definition) is 0. The third kappa shape index (κ3) is 4.84. The summed E-state index contributed by atoms with van der Waals surface area (Å²) >= 11 is 8.66. The zero-order chi connectivity index (χ0) is 21.8. The molecule has 8 heteroatoms. The predicted octanol–water partition coefficient (Wildman–Crippen LogP) is 5.24. The number of benzene rings is 2. The van der Waals surface area contributed by atoms with Gasteiger partial charge in [0.15, 0.2) is 5.16 Å². The molecule has 1 amide bonds. The Bertz CT molecular complexity index is 1250. The molecule has 0 fully saturated rings. The first-order chi connectivity index (χ1) is 15.1. The Morgan fingerprint density at radius 3 is 2.58 bits per heavy atom. The lowest BCUT2D eigenvalue weighted by atomic mass is 10.2. The van der Waals surface area contributed by atoms with Crippen molar-refractivity contribution >= 4 is 50.8 Å².